The molecule has 0 amide bonds. The van der Waals surface area contributed by atoms with Gasteiger partial charge in [-0.3, -0.25) is 10.2 Å². The predicted molar refractivity (Wildman–Crippen MR) is 157 cm³/mol. The van der Waals surface area contributed by atoms with E-state index in [1.54, 1.807) is 0 Å². The molecule has 0 saturated heterocycles. The van der Waals surface area contributed by atoms with Crippen LogP contribution in [0.15, 0.2) is 138 Å². The molecule has 0 spiro atoms. The Hall–Kier alpha value is -4.50. The van der Waals surface area contributed by atoms with Gasteiger partial charge in [0.2, 0.25) is 0 Å². The number of benzene rings is 5. The maximum Gasteiger partial charge on any atom is 0.338 e. The van der Waals surface area contributed by atoms with Gasteiger partial charge in [-0.25, -0.2) is 0 Å². The fourth-order valence-electron chi connectivity index (χ4n) is 4.39. The average Bonchev–Trinajstić information content (AvgIpc) is 3.21. The zero-order valence-corrected chi connectivity index (χ0v) is 21.9. The van der Waals surface area contributed by atoms with Gasteiger partial charge >= 0.3 is 16.3 Å². The second kappa shape index (κ2) is 9.75. The highest BCUT2D eigenvalue weighted by atomic mass is 31.1. The molecule has 2 N–H and O–H groups in total. The zero-order chi connectivity index (χ0) is 25.3. The molecule has 6 nitrogen and oxygen atoms in total. The summed E-state index contributed by atoms with van der Waals surface area (Å²) in [5.41, 5.74) is 4.93. The molecule has 5 aromatic carbocycles. The molecule has 0 radical (unpaired) electrons. The van der Waals surface area contributed by atoms with E-state index < -0.39 is 16.3 Å². The Kier molecular flexibility index (Phi) is 5.82. The molecule has 0 bridgehead atoms. The van der Waals surface area contributed by atoms with Crippen LogP contribution in [0.3, 0.4) is 0 Å². The number of rotatable bonds is 4. The molecule has 0 unspecified atom stereocenters. The first-order valence-electron chi connectivity index (χ1n) is 12.1. The minimum absolute atomic E-state index is 0.792. The highest BCUT2D eigenvalue weighted by molar-refractivity contribution is 7.39. The summed E-state index contributed by atoms with van der Waals surface area (Å²) in [5, 5.41) is 10.9. The van der Waals surface area contributed by atoms with Crippen molar-refractivity contribution in [3.8, 4) is 0 Å². The van der Waals surface area contributed by atoms with E-state index in [0.29, 0.717) is 0 Å². The molecule has 7 rings (SSSR count). The van der Waals surface area contributed by atoms with Crippen molar-refractivity contribution in [2.24, 2.45) is 0 Å². The summed E-state index contributed by atoms with van der Waals surface area (Å²) in [7, 11) is -2.90. The molecule has 8 heteroatoms. The van der Waals surface area contributed by atoms with Crippen molar-refractivity contribution in [1.29, 1.82) is 0 Å². The van der Waals surface area contributed by atoms with Crippen molar-refractivity contribution in [1.82, 2.24) is 0 Å². The van der Waals surface area contributed by atoms with E-state index in [0.717, 1.165) is 55.3 Å². The van der Waals surface area contributed by atoms with Crippen LogP contribution in [0.4, 0.5) is 11.4 Å². The number of nitrogens with one attached hydrogen (secondary N) is 2. The molecule has 38 heavy (non-hydrogen) atoms. The summed E-state index contributed by atoms with van der Waals surface area (Å²) in [6, 6.07) is 39.9. The minimum atomic E-state index is -1.45. The van der Waals surface area contributed by atoms with Crippen molar-refractivity contribution < 1.29 is 16.8 Å². The summed E-state index contributed by atoms with van der Waals surface area (Å²) in [6.45, 7) is 0. The lowest BCUT2D eigenvalue weighted by molar-refractivity contribution is 0.645. The Labute approximate surface area is 219 Å². The lowest BCUT2D eigenvalue weighted by atomic mass is 10.1. The fourth-order valence-corrected chi connectivity index (χ4v) is 6.72. The van der Waals surface area contributed by atoms with Gasteiger partial charge in [-0.1, -0.05) is 72.8 Å². The van der Waals surface area contributed by atoms with Gasteiger partial charge < -0.3 is 16.8 Å². The van der Waals surface area contributed by atoms with Crippen LogP contribution in [0.25, 0.3) is 43.9 Å². The molecule has 0 aliphatic heterocycles. The van der Waals surface area contributed by atoms with Gasteiger partial charge in [0.15, 0.2) is 0 Å². The molecule has 0 fully saturated rings. The first-order valence-corrected chi connectivity index (χ1v) is 14.5. The topological polar surface area (TPSA) is 76.6 Å². The van der Waals surface area contributed by atoms with E-state index in [1.807, 2.05) is 121 Å². The van der Waals surface area contributed by atoms with E-state index >= 15 is 0 Å². The number of hydrogen-bond acceptors (Lipinski definition) is 6. The van der Waals surface area contributed by atoms with Crippen LogP contribution in [0.2, 0.25) is 0 Å². The van der Waals surface area contributed by atoms with E-state index in [4.69, 9.17) is 16.8 Å². The standard InChI is InChI=1S/C30H22N2O4P2/c1-5-13-27-23(9-1)24-10-2-6-14-28(24)34-37(33-27)31-21-17-19-22(20-18-21)32-38-35-29-15-7-3-11-25(29)26-12-4-8-16-30(26)36-38/h1-20,31-32H. The molecule has 7 aromatic rings. The predicted octanol–water partition coefficient (Wildman–Crippen LogP) is 10.6. The SMILES string of the molecule is c1ccc2c(c1)op(Nc1ccc(Np3oc4ccccc4c4ccccc4o3)cc1)oc1ccccc12. The van der Waals surface area contributed by atoms with Crippen LogP contribution in [0, 0.1) is 0 Å². The molecule has 0 aliphatic carbocycles. The van der Waals surface area contributed by atoms with Gasteiger partial charge in [-0.05, 0) is 48.5 Å². The van der Waals surface area contributed by atoms with Crippen molar-refractivity contribution in [3.05, 3.63) is 121 Å². The Morgan fingerprint density at radius 3 is 0.895 bits per heavy atom. The van der Waals surface area contributed by atoms with Gasteiger partial charge in [0, 0.05) is 32.9 Å². The lowest BCUT2D eigenvalue weighted by Crippen LogP contribution is -1.87. The van der Waals surface area contributed by atoms with Crippen LogP contribution in [-0.4, -0.2) is 0 Å². The lowest BCUT2D eigenvalue weighted by Gasteiger charge is -2.06. The molecule has 2 heterocycles. The van der Waals surface area contributed by atoms with Crippen molar-refractivity contribution >= 4 is 71.6 Å². The Morgan fingerprint density at radius 1 is 0.342 bits per heavy atom. The Morgan fingerprint density at radius 2 is 0.605 bits per heavy atom. The molecule has 0 aliphatic rings. The Balaban J connectivity index is 1.22. The van der Waals surface area contributed by atoms with Crippen LogP contribution in [0.1, 0.15) is 0 Å². The number of fused-ring (bicyclic) bond motifs is 6. The first-order chi connectivity index (χ1) is 18.8. The third kappa shape index (κ3) is 4.41. The normalized spacial score (nSPS) is 11.2. The third-order valence-electron chi connectivity index (χ3n) is 6.18. The quantitative estimate of drug-likeness (QED) is 0.233. The smallest absolute Gasteiger partial charge is 0.338 e. The summed E-state index contributed by atoms with van der Waals surface area (Å²) >= 11 is 0. The minimum Gasteiger partial charge on any atom is -0.404 e. The Bertz CT molecular complexity index is 1740. The summed E-state index contributed by atoms with van der Waals surface area (Å²) in [4.78, 5) is 0. The molecule has 0 atom stereocenters. The van der Waals surface area contributed by atoms with Crippen molar-refractivity contribution in [2.45, 2.75) is 0 Å². The van der Waals surface area contributed by atoms with Gasteiger partial charge in [-0.15, -0.1) is 0 Å². The van der Waals surface area contributed by atoms with Gasteiger partial charge in [-0.2, -0.15) is 0 Å². The monoisotopic (exact) mass is 536 g/mol. The van der Waals surface area contributed by atoms with Gasteiger partial charge in [0.1, 0.15) is 22.3 Å². The third-order valence-corrected chi connectivity index (χ3v) is 8.51. The highest BCUT2D eigenvalue weighted by Gasteiger charge is 2.08. The van der Waals surface area contributed by atoms with Crippen LogP contribution < -0.4 is 10.2 Å². The van der Waals surface area contributed by atoms with E-state index in [2.05, 4.69) is 10.2 Å². The molecular weight excluding hydrogens is 514 g/mol. The zero-order valence-electron chi connectivity index (χ0n) is 20.1. The maximum absolute atomic E-state index is 6.25. The summed E-state index contributed by atoms with van der Waals surface area (Å²) in [5.74, 6) is 0. The number of hydrogen-bond donors (Lipinski definition) is 2. The van der Waals surface area contributed by atoms with Crippen LogP contribution >= 0.6 is 16.3 Å². The highest BCUT2D eigenvalue weighted by Crippen LogP contribution is 2.38. The summed E-state index contributed by atoms with van der Waals surface area (Å²) in [6.07, 6.45) is 0. The van der Waals surface area contributed by atoms with Gasteiger partial charge in [0.25, 0.3) is 0 Å². The number of para-hydroxylation sites is 4. The fraction of sp³-hybridized carbons (Fsp3) is 0. The second-order valence-corrected chi connectivity index (χ2v) is 10.9. The van der Waals surface area contributed by atoms with Crippen molar-refractivity contribution in [3.63, 3.8) is 0 Å². The molecule has 0 saturated carbocycles. The first kappa shape index (κ1) is 22.7. The van der Waals surface area contributed by atoms with Crippen LogP contribution in [-0.2, 0) is 0 Å². The molecule has 2 aromatic heterocycles. The molecular formula is C30H22N2O4P2. The summed E-state index contributed by atoms with van der Waals surface area (Å²) < 4.78 is 25.0. The van der Waals surface area contributed by atoms with E-state index in [1.165, 1.54) is 0 Å². The van der Waals surface area contributed by atoms with Crippen molar-refractivity contribution in [2.75, 3.05) is 10.2 Å². The second-order valence-electron chi connectivity index (χ2n) is 8.66. The maximum atomic E-state index is 6.25. The average molecular weight is 536 g/mol. The number of anilines is 2. The van der Waals surface area contributed by atoms with Gasteiger partial charge in [0.05, 0.1) is 0 Å². The van der Waals surface area contributed by atoms with E-state index in [-0.39, 0.29) is 0 Å². The van der Waals surface area contributed by atoms with E-state index in [9.17, 15) is 0 Å². The molecule has 186 valence electrons. The van der Waals surface area contributed by atoms with Crippen LogP contribution in [0.5, 0.6) is 0 Å². The largest absolute Gasteiger partial charge is 0.404 e.